The van der Waals surface area contributed by atoms with E-state index >= 15 is 0 Å². The molecule has 0 radical (unpaired) electrons. The van der Waals surface area contributed by atoms with Crippen LogP contribution in [0.3, 0.4) is 0 Å². The van der Waals surface area contributed by atoms with E-state index in [0.717, 1.165) is 0 Å². The Hall–Kier alpha value is -1.19. The molecule has 0 fully saturated rings. The standard InChI is InChI=1S/C6H7FN2O/c1-10-6-8-3-5(2-7)4-9-6/h3-4H,2H2,1H3. The zero-order valence-corrected chi connectivity index (χ0v) is 5.54. The summed E-state index contributed by atoms with van der Waals surface area (Å²) in [7, 11) is 1.46. The first-order valence-electron chi connectivity index (χ1n) is 2.77. The SMILES string of the molecule is COc1ncc(CF)cn1. The van der Waals surface area contributed by atoms with E-state index in [-0.39, 0.29) is 6.01 Å². The number of nitrogens with zero attached hydrogens (tertiary/aromatic N) is 2. The van der Waals surface area contributed by atoms with Gasteiger partial charge in [0.2, 0.25) is 0 Å². The third-order valence-electron chi connectivity index (χ3n) is 1.02. The van der Waals surface area contributed by atoms with Crippen molar-refractivity contribution in [1.82, 2.24) is 9.97 Å². The summed E-state index contributed by atoms with van der Waals surface area (Å²) < 4.78 is 16.5. The average molecular weight is 142 g/mol. The summed E-state index contributed by atoms with van der Waals surface area (Å²) >= 11 is 0. The van der Waals surface area contributed by atoms with Crippen molar-refractivity contribution in [1.29, 1.82) is 0 Å². The van der Waals surface area contributed by atoms with E-state index in [2.05, 4.69) is 14.7 Å². The molecule has 4 heteroatoms. The number of alkyl halides is 1. The Morgan fingerprint density at radius 1 is 1.50 bits per heavy atom. The molecule has 0 amide bonds. The van der Waals surface area contributed by atoms with Gasteiger partial charge in [0.25, 0.3) is 0 Å². The summed E-state index contributed by atoms with van der Waals surface area (Å²) in [5.41, 5.74) is 0.459. The summed E-state index contributed by atoms with van der Waals surface area (Å²) in [5, 5.41) is 0. The van der Waals surface area contributed by atoms with Crippen molar-refractivity contribution >= 4 is 0 Å². The van der Waals surface area contributed by atoms with Gasteiger partial charge in [-0.3, -0.25) is 0 Å². The highest BCUT2D eigenvalue weighted by Crippen LogP contribution is 2.01. The molecule has 0 N–H and O–H groups in total. The minimum atomic E-state index is -0.538. The number of hydrogen-bond acceptors (Lipinski definition) is 3. The average Bonchev–Trinajstić information content (AvgIpc) is 2.05. The minimum Gasteiger partial charge on any atom is -0.467 e. The minimum absolute atomic E-state index is 0.261. The normalized spacial score (nSPS) is 9.40. The van der Waals surface area contributed by atoms with Crippen molar-refractivity contribution in [2.24, 2.45) is 0 Å². The molecule has 0 aromatic carbocycles. The molecule has 0 bridgehead atoms. The van der Waals surface area contributed by atoms with Gasteiger partial charge in [-0.15, -0.1) is 0 Å². The van der Waals surface area contributed by atoms with Crippen LogP contribution in [0.2, 0.25) is 0 Å². The lowest BCUT2D eigenvalue weighted by molar-refractivity contribution is 0.377. The Bertz CT molecular complexity index is 176. The Kier molecular flexibility index (Phi) is 2.15. The van der Waals surface area contributed by atoms with E-state index in [9.17, 15) is 4.39 Å². The predicted molar refractivity (Wildman–Crippen MR) is 33.4 cm³/mol. The Labute approximate surface area is 57.9 Å². The van der Waals surface area contributed by atoms with Crippen LogP contribution in [-0.2, 0) is 6.67 Å². The molecular formula is C6H7FN2O. The lowest BCUT2D eigenvalue weighted by Gasteiger charge is -1.95. The summed E-state index contributed by atoms with van der Waals surface area (Å²) in [6.07, 6.45) is 2.79. The second-order valence-electron chi connectivity index (χ2n) is 1.71. The van der Waals surface area contributed by atoms with Crippen molar-refractivity contribution in [3.8, 4) is 6.01 Å². The zero-order valence-electron chi connectivity index (χ0n) is 5.54. The van der Waals surface area contributed by atoms with Gasteiger partial charge in [-0.05, 0) is 0 Å². The first-order chi connectivity index (χ1) is 4.86. The second kappa shape index (κ2) is 3.10. The van der Waals surface area contributed by atoms with Crippen LogP contribution in [0.25, 0.3) is 0 Å². The number of halogens is 1. The molecule has 3 nitrogen and oxygen atoms in total. The molecule has 0 saturated carbocycles. The van der Waals surface area contributed by atoms with E-state index in [1.54, 1.807) is 0 Å². The van der Waals surface area contributed by atoms with Crippen LogP contribution >= 0.6 is 0 Å². The van der Waals surface area contributed by atoms with Gasteiger partial charge in [0.15, 0.2) is 0 Å². The molecule has 1 rings (SSSR count). The Morgan fingerprint density at radius 3 is 2.50 bits per heavy atom. The van der Waals surface area contributed by atoms with Gasteiger partial charge in [-0.1, -0.05) is 0 Å². The molecule has 1 heterocycles. The maximum absolute atomic E-state index is 11.8. The number of rotatable bonds is 2. The fourth-order valence-corrected chi connectivity index (χ4v) is 0.517. The number of hydrogen-bond donors (Lipinski definition) is 0. The lowest BCUT2D eigenvalue weighted by atomic mass is 10.4. The quantitative estimate of drug-likeness (QED) is 0.616. The summed E-state index contributed by atoms with van der Waals surface area (Å²) in [6.45, 7) is -0.538. The topological polar surface area (TPSA) is 35.0 Å². The molecule has 0 unspecified atom stereocenters. The van der Waals surface area contributed by atoms with Gasteiger partial charge >= 0.3 is 6.01 Å². The van der Waals surface area contributed by atoms with Gasteiger partial charge < -0.3 is 4.74 Å². The third-order valence-corrected chi connectivity index (χ3v) is 1.02. The molecule has 0 atom stereocenters. The molecule has 0 aliphatic heterocycles. The highest BCUT2D eigenvalue weighted by Gasteiger charge is 1.93. The molecule has 0 aliphatic rings. The summed E-state index contributed by atoms with van der Waals surface area (Å²) in [6, 6.07) is 0.261. The summed E-state index contributed by atoms with van der Waals surface area (Å²) in [5.74, 6) is 0. The maximum atomic E-state index is 11.8. The van der Waals surface area contributed by atoms with Crippen LogP contribution < -0.4 is 4.74 Å². The van der Waals surface area contributed by atoms with Crippen LogP contribution in [0.15, 0.2) is 12.4 Å². The highest BCUT2D eigenvalue weighted by atomic mass is 19.1. The van der Waals surface area contributed by atoms with Crippen LogP contribution in [-0.4, -0.2) is 17.1 Å². The second-order valence-corrected chi connectivity index (χ2v) is 1.71. The van der Waals surface area contributed by atoms with E-state index < -0.39 is 6.67 Å². The summed E-state index contributed by atoms with van der Waals surface area (Å²) in [4.78, 5) is 7.39. The largest absolute Gasteiger partial charge is 0.467 e. The monoisotopic (exact) mass is 142 g/mol. The molecule has 10 heavy (non-hydrogen) atoms. The van der Waals surface area contributed by atoms with Gasteiger partial charge in [0.05, 0.1) is 7.11 Å². The molecular weight excluding hydrogens is 135 g/mol. The number of ether oxygens (including phenoxy) is 1. The first kappa shape index (κ1) is 6.92. The van der Waals surface area contributed by atoms with Crippen LogP contribution in [0.4, 0.5) is 4.39 Å². The third kappa shape index (κ3) is 1.40. The molecule has 1 aromatic rings. The van der Waals surface area contributed by atoms with E-state index in [4.69, 9.17) is 0 Å². The van der Waals surface area contributed by atoms with Crippen molar-refractivity contribution in [2.75, 3.05) is 7.11 Å². The fourth-order valence-electron chi connectivity index (χ4n) is 0.517. The van der Waals surface area contributed by atoms with Crippen LogP contribution in [0.5, 0.6) is 6.01 Å². The number of methoxy groups -OCH3 is 1. The van der Waals surface area contributed by atoms with Crippen molar-refractivity contribution in [3.63, 3.8) is 0 Å². The predicted octanol–water partition coefficient (Wildman–Crippen LogP) is 0.955. The first-order valence-corrected chi connectivity index (χ1v) is 2.77. The van der Waals surface area contributed by atoms with E-state index in [1.165, 1.54) is 19.5 Å². The molecule has 0 saturated heterocycles. The molecule has 0 aliphatic carbocycles. The number of aromatic nitrogens is 2. The van der Waals surface area contributed by atoms with Gasteiger partial charge in [0.1, 0.15) is 6.67 Å². The fraction of sp³-hybridized carbons (Fsp3) is 0.333. The van der Waals surface area contributed by atoms with E-state index in [1.807, 2.05) is 0 Å². The van der Waals surface area contributed by atoms with E-state index in [0.29, 0.717) is 5.56 Å². The molecule has 54 valence electrons. The van der Waals surface area contributed by atoms with Gasteiger partial charge in [-0.25, -0.2) is 14.4 Å². The van der Waals surface area contributed by atoms with Crippen molar-refractivity contribution in [3.05, 3.63) is 18.0 Å². The maximum Gasteiger partial charge on any atom is 0.316 e. The van der Waals surface area contributed by atoms with Crippen LogP contribution in [0.1, 0.15) is 5.56 Å². The van der Waals surface area contributed by atoms with Gasteiger partial charge in [-0.2, -0.15) is 0 Å². The highest BCUT2D eigenvalue weighted by molar-refractivity contribution is 5.05. The lowest BCUT2D eigenvalue weighted by Crippen LogP contribution is -1.91. The van der Waals surface area contributed by atoms with Crippen LogP contribution in [0, 0.1) is 0 Å². The molecule has 0 spiro atoms. The smallest absolute Gasteiger partial charge is 0.316 e. The van der Waals surface area contributed by atoms with Crippen molar-refractivity contribution < 1.29 is 9.13 Å². The zero-order chi connectivity index (χ0) is 7.40. The Morgan fingerprint density at radius 2 is 2.10 bits per heavy atom. The Balaban J connectivity index is 2.80. The molecule has 1 aromatic heterocycles. The van der Waals surface area contributed by atoms with Crippen molar-refractivity contribution in [2.45, 2.75) is 6.67 Å². The van der Waals surface area contributed by atoms with Gasteiger partial charge in [0, 0.05) is 18.0 Å².